The third-order valence-electron chi connectivity index (χ3n) is 4.79. The number of methoxy groups -OCH3 is 1. The molecule has 3 rings (SSSR count). The molecule has 1 fully saturated rings. The third-order valence-corrected chi connectivity index (χ3v) is 4.79. The average Bonchev–Trinajstić information content (AvgIpc) is 2.67. The first-order valence-corrected chi connectivity index (χ1v) is 8.69. The SMILES string of the molecule is CCc1cccc(C(N)=O)c1N1CCNCC1c1ccccc1OC. The van der Waals surface area contributed by atoms with E-state index in [9.17, 15) is 4.79 Å². The maximum Gasteiger partial charge on any atom is 0.250 e. The van der Waals surface area contributed by atoms with Crippen LogP contribution in [0.15, 0.2) is 42.5 Å². The van der Waals surface area contributed by atoms with Crippen LogP contribution >= 0.6 is 0 Å². The number of primary amides is 1. The van der Waals surface area contributed by atoms with E-state index >= 15 is 0 Å². The van der Waals surface area contributed by atoms with Crippen molar-refractivity contribution >= 4 is 11.6 Å². The summed E-state index contributed by atoms with van der Waals surface area (Å²) in [6, 6.07) is 13.9. The second-order valence-corrected chi connectivity index (χ2v) is 6.19. The maximum absolute atomic E-state index is 12.1. The van der Waals surface area contributed by atoms with E-state index in [1.807, 2.05) is 30.3 Å². The summed E-state index contributed by atoms with van der Waals surface area (Å²) >= 11 is 0. The van der Waals surface area contributed by atoms with Gasteiger partial charge in [0, 0.05) is 25.2 Å². The van der Waals surface area contributed by atoms with Gasteiger partial charge in [-0.25, -0.2) is 0 Å². The second kappa shape index (κ2) is 7.57. The number of nitrogens with zero attached hydrogens (tertiary/aromatic N) is 1. The van der Waals surface area contributed by atoms with Gasteiger partial charge in [-0.3, -0.25) is 4.79 Å². The monoisotopic (exact) mass is 339 g/mol. The summed E-state index contributed by atoms with van der Waals surface area (Å²) < 4.78 is 5.57. The zero-order chi connectivity index (χ0) is 17.8. The molecule has 1 aliphatic rings. The Hall–Kier alpha value is -2.53. The Morgan fingerprint density at radius 1 is 1.28 bits per heavy atom. The minimum absolute atomic E-state index is 0.0794. The average molecular weight is 339 g/mol. The number of hydrogen-bond acceptors (Lipinski definition) is 4. The van der Waals surface area contributed by atoms with Gasteiger partial charge in [0.15, 0.2) is 0 Å². The number of aryl methyl sites for hydroxylation is 1. The first-order chi connectivity index (χ1) is 12.2. The fourth-order valence-electron chi connectivity index (χ4n) is 3.61. The standard InChI is InChI=1S/C20H25N3O2/c1-3-14-7-6-9-16(20(21)24)19(14)23-12-11-22-13-17(23)15-8-4-5-10-18(15)25-2/h4-10,17,22H,3,11-13H2,1-2H3,(H2,21,24). The molecular weight excluding hydrogens is 314 g/mol. The molecule has 0 bridgehead atoms. The zero-order valence-electron chi connectivity index (χ0n) is 14.8. The number of nitrogens with two attached hydrogens (primary N) is 1. The summed E-state index contributed by atoms with van der Waals surface area (Å²) in [6.07, 6.45) is 0.846. The molecular formula is C20H25N3O2. The Morgan fingerprint density at radius 3 is 2.80 bits per heavy atom. The molecule has 132 valence electrons. The Kier molecular flexibility index (Phi) is 5.24. The van der Waals surface area contributed by atoms with Crippen molar-refractivity contribution in [2.24, 2.45) is 5.73 Å². The molecule has 1 saturated heterocycles. The lowest BCUT2D eigenvalue weighted by molar-refractivity contribution is 0.100. The minimum Gasteiger partial charge on any atom is -0.496 e. The summed E-state index contributed by atoms with van der Waals surface area (Å²) in [7, 11) is 1.69. The highest BCUT2D eigenvalue weighted by molar-refractivity contribution is 5.99. The molecule has 2 aromatic rings. The molecule has 0 aromatic heterocycles. The van der Waals surface area contributed by atoms with E-state index in [2.05, 4.69) is 29.3 Å². The molecule has 25 heavy (non-hydrogen) atoms. The van der Waals surface area contributed by atoms with Crippen molar-refractivity contribution in [2.75, 3.05) is 31.6 Å². The maximum atomic E-state index is 12.1. The lowest BCUT2D eigenvalue weighted by Gasteiger charge is -2.40. The molecule has 0 aliphatic carbocycles. The summed E-state index contributed by atoms with van der Waals surface area (Å²) in [5.41, 5.74) is 9.46. The topological polar surface area (TPSA) is 67.6 Å². The molecule has 0 saturated carbocycles. The molecule has 3 N–H and O–H groups in total. The number of anilines is 1. The van der Waals surface area contributed by atoms with Crippen LogP contribution in [0.5, 0.6) is 5.75 Å². The first-order valence-electron chi connectivity index (χ1n) is 8.69. The number of rotatable bonds is 5. The molecule has 1 aliphatic heterocycles. The highest BCUT2D eigenvalue weighted by atomic mass is 16.5. The van der Waals surface area contributed by atoms with E-state index in [1.165, 1.54) is 0 Å². The van der Waals surface area contributed by atoms with Crippen LogP contribution in [0.1, 0.15) is 34.5 Å². The minimum atomic E-state index is -0.386. The predicted octanol–water partition coefficient (Wildman–Crippen LogP) is 2.51. The van der Waals surface area contributed by atoms with Crippen molar-refractivity contribution in [1.29, 1.82) is 0 Å². The summed E-state index contributed by atoms with van der Waals surface area (Å²) in [4.78, 5) is 14.4. The summed E-state index contributed by atoms with van der Waals surface area (Å²) in [6.45, 7) is 4.56. The van der Waals surface area contributed by atoms with Crippen molar-refractivity contribution in [3.05, 3.63) is 59.2 Å². The molecule has 1 amide bonds. The number of benzene rings is 2. The van der Waals surface area contributed by atoms with Crippen LogP contribution in [0, 0.1) is 0 Å². The Bertz CT molecular complexity index is 760. The molecule has 1 unspecified atom stereocenters. The molecule has 1 atom stereocenters. The van der Waals surface area contributed by atoms with E-state index in [0.717, 1.165) is 48.6 Å². The van der Waals surface area contributed by atoms with Crippen LogP contribution < -0.4 is 20.7 Å². The predicted molar refractivity (Wildman–Crippen MR) is 100 cm³/mol. The van der Waals surface area contributed by atoms with Crippen LogP contribution in [0.25, 0.3) is 0 Å². The normalized spacial score (nSPS) is 17.4. The smallest absolute Gasteiger partial charge is 0.250 e. The van der Waals surface area contributed by atoms with E-state index in [-0.39, 0.29) is 11.9 Å². The highest BCUT2D eigenvalue weighted by Gasteiger charge is 2.30. The van der Waals surface area contributed by atoms with Gasteiger partial charge in [0.05, 0.1) is 24.4 Å². The zero-order valence-corrected chi connectivity index (χ0v) is 14.8. The number of carbonyl (C=O) groups is 1. The van der Waals surface area contributed by atoms with Crippen LogP contribution in [0.4, 0.5) is 5.69 Å². The quantitative estimate of drug-likeness (QED) is 0.878. The van der Waals surface area contributed by atoms with Crippen molar-refractivity contribution in [3.63, 3.8) is 0 Å². The number of para-hydroxylation sites is 2. The van der Waals surface area contributed by atoms with Gasteiger partial charge in [-0.05, 0) is 24.1 Å². The van der Waals surface area contributed by atoms with Gasteiger partial charge in [0.2, 0.25) is 0 Å². The van der Waals surface area contributed by atoms with Gasteiger partial charge in [0.25, 0.3) is 5.91 Å². The van der Waals surface area contributed by atoms with E-state index in [4.69, 9.17) is 10.5 Å². The van der Waals surface area contributed by atoms with Crippen molar-refractivity contribution in [1.82, 2.24) is 5.32 Å². The van der Waals surface area contributed by atoms with Gasteiger partial charge in [-0.15, -0.1) is 0 Å². The van der Waals surface area contributed by atoms with E-state index in [1.54, 1.807) is 7.11 Å². The van der Waals surface area contributed by atoms with Crippen LogP contribution in [-0.4, -0.2) is 32.7 Å². The lowest BCUT2D eigenvalue weighted by atomic mass is 9.97. The van der Waals surface area contributed by atoms with E-state index < -0.39 is 0 Å². The Balaban J connectivity index is 2.13. The molecule has 2 aromatic carbocycles. The van der Waals surface area contributed by atoms with Gasteiger partial charge < -0.3 is 20.7 Å². The van der Waals surface area contributed by atoms with E-state index in [0.29, 0.717) is 5.56 Å². The fraction of sp³-hybridized carbons (Fsp3) is 0.350. The number of nitrogens with one attached hydrogen (secondary N) is 1. The van der Waals surface area contributed by atoms with Gasteiger partial charge in [-0.1, -0.05) is 37.3 Å². The molecule has 0 radical (unpaired) electrons. The van der Waals surface area contributed by atoms with Gasteiger partial charge in [-0.2, -0.15) is 0 Å². The largest absolute Gasteiger partial charge is 0.496 e. The Labute approximate surface area is 148 Å². The van der Waals surface area contributed by atoms with Crippen molar-refractivity contribution in [2.45, 2.75) is 19.4 Å². The number of piperazine rings is 1. The van der Waals surface area contributed by atoms with Crippen molar-refractivity contribution in [3.8, 4) is 5.75 Å². The number of amides is 1. The van der Waals surface area contributed by atoms with Crippen LogP contribution in [-0.2, 0) is 6.42 Å². The molecule has 5 heteroatoms. The molecule has 0 spiro atoms. The molecule has 1 heterocycles. The van der Waals surface area contributed by atoms with Crippen LogP contribution in [0.3, 0.4) is 0 Å². The van der Waals surface area contributed by atoms with Gasteiger partial charge >= 0.3 is 0 Å². The van der Waals surface area contributed by atoms with Crippen LogP contribution in [0.2, 0.25) is 0 Å². The fourth-order valence-corrected chi connectivity index (χ4v) is 3.61. The number of ether oxygens (including phenoxy) is 1. The Morgan fingerprint density at radius 2 is 2.08 bits per heavy atom. The second-order valence-electron chi connectivity index (χ2n) is 6.19. The number of carbonyl (C=O) groups excluding carboxylic acids is 1. The molecule has 5 nitrogen and oxygen atoms in total. The third kappa shape index (κ3) is 3.33. The van der Waals surface area contributed by atoms with Crippen molar-refractivity contribution < 1.29 is 9.53 Å². The first kappa shape index (κ1) is 17.3. The van der Waals surface area contributed by atoms with Gasteiger partial charge in [0.1, 0.15) is 5.75 Å². The highest BCUT2D eigenvalue weighted by Crippen LogP contribution is 2.37. The number of hydrogen-bond donors (Lipinski definition) is 2. The summed E-state index contributed by atoms with van der Waals surface area (Å²) in [5, 5.41) is 3.46. The summed E-state index contributed by atoms with van der Waals surface area (Å²) in [5.74, 6) is 0.471. The lowest BCUT2D eigenvalue weighted by Crippen LogP contribution is -2.47.